The van der Waals surface area contributed by atoms with Crippen LogP contribution in [-0.2, 0) is 27.2 Å². The zero-order valence-corrected chi connectivity index (χ0v) is 12.3. The Morgan fingerprint density at radius 3 is 1.67 bits per heavy atom. The van der Waals surface area contributed by atoms with Crippen LogP contribution in [0, 0.1) is 20.2 Å². The van der Waals surface area contributed by atoms with Gasteiger partial charge in [0.1, 0.15) is 0 Å². The summed E-state index contributed by atoms with van der Waals surface area (Å²) in [6.45, 7) is 0.197. The van der Waals surface area contributed by atoms with Crippen molar-refractivity contribution in [2.75, 3.05) is 25.2 Å². The van der Waals surface area contributed by atoms with E-state index in [1.54, 1.807) is 0 Å². The van der Waals surface area contributed by atoms with Gasteiger partial charge in [0.25, 0.3) is 10.2 Å². The molecule has 0 heterocycles. The Balaban J connectivity index is -0.0000000855. The minimum absolute atomic E-state index is 0. The molecule has 0 aromatic heterocycles. The van der Waals surface area contributed by atoms with E-state index < -0.39 is 10.2 Å². The van der Waals surface area contributed by atoms with Gasteiger partial charge in [0.15, 0.2) is 0 Å². The zero-order valence-electron chi connectivity index (χ0n) is 9.20. The largest absolute Gasteiger partial charge is 0.396 e. The maximum absolute atomic E-state index is 9.38. The molecular weight excluding hydrogens is 416 g/mol. The van der Waals surface area contributed by atoms with Crippen LogP contribution in [0.15, 0.2) is 0 Å². The van der Waals surface area contributed by atoms with E-state index in [1.807, 2.05) is 0 Å². The van der Waals surface area contributed by atoms with E-state index in [1.165, 1.54) is 0 Å². The molecule has 0 aromatic rings. The normalized spacial score (nSPS) is 7.50. The van der Waals surface area contributed by atoms with Gasteiger partial charge in [0.05, 0.1) is 6.61 Å². The number of halogens is 1. The molecule has 115 valence electrons. The fourth-order valence-electron chi connectivity index (χ4n) is 0.263. The predicted octanol–water partition coefficient (Wildman–Crippen LogP) is -0.00940. The standard InChI is InChI=1S/C3H7BrO.C3H7NO4.Ag.HNO3/c4-2-1-3-5;5-2-1-3-8-4(6)7;;2-1(3)4/h5H,1-3H2;5H,1-3H2;;(H,2,3,4). The Labute approximate surface area is 127 Å². The molecule has 0 aliphatic rings. The van der Waals surface area contributed by atoms with Gasteiger partial charge >= 0.3 is 0 Å². The van der Waals surface area contributed by atoms with Crippen molar-refractivity contribution in [1.82, 2.24) is 0 Å². The smallest absolute Gasteiger partial charge is 0.294 e. The van der Waals surface area contributed by atoms with E-state index in [9.17, 15) is 10.1 Å². The van der Waals surface area contributed by atoms with Crippen molar-refractivity contribution < 1.29 is 52.8 Å². The van der Waals surface area contributed by atoms with Crippen LogP contribution in [-0.4, -0.2) is 50.7 Å². The van der Waals surface area contributed by atoms with E-state index in [-0.39, 0.29) is 35.6 Å². The van der Waals surface area contributed by atoms with Crippen molar-refractivity contribution >= 4 is 15.9 Å². The van der Waals surface area contributed by atoms with Crippen molar-refractivity contribution in [3.8, 4) is 0 Å². The molecule has 12 heteroatoms. The Bertz CT molecular complexity index is 181. The maximum Gasteiger partial charge on any atom is 0.294 e. The van der Waals surface area contributed by atoms with Crippen LogP contribution in [0.5, 0.6) is 0 Å². The van der Waals surface area contributed by atoms with Gasteiger partial charge in [0, 0.05) is 40.9 Å². The molecule has 0 aliphatic heterocycles. The van der Waals surface area contributed by atoms with Crippen LogP contribution in [0.1, 0.15) is 12.8 Å². The first kappa shape index (κ1) is 26.2. The van der Waals surface area contributed by atoms with E-state index in [4.69, 9.17) is 25.5 Å². The molecule has 10 nitrogen and oxygen atoms in total. The van der Waals surface area contributed by atoms with E-state index in [2.05, 4.69) is 20.8 Å². The third kappa shape index (κ3) is 76.8. The summed E-state index contributed by atoms with van der Waals surface area (Å²) in [5.74, 6) is 0. The summed E-state index contributed by atoms with van der Waals surface area (Å²) < 4.78 is 0. The first-order valence-electron chi connectivity index (χ1n) is 4.30. The number of hydrogen-bond donors (Lipinski definition) is 3. The van der Waals surface area contributed by atoms with Crippen LogP contribution in [0.4, 0.5) is 0 Å². The minimum Gasteiger partial charge on any atom is -0.396 e. The average Bonchev–Trinajstić information content (AvgIpc) is 2.19. The van der Waals surface area contributed by atoms with E-state index >= 15 is 0 Å². The fraction of sp³-hybridized carbons (Fsp3) is 1.00. The second-order valence-electron chi connectivity index (χ2n) is 2.14. The average molecular weight is 431 g/mol. The Morgan fingerprint density at radius 1 is 1.11 bits per heavy atom. The van der Waals surface area contributed by atoms with Crippen LogP contribution >= 0.6 is 15.9 Å². The fourth-order valence-corrected chi connectivity index (χ4v) is 0.514. The van der Waals surface area contributed by atoms with Crippen LogP contribution in [0.25, 0.3) is 0 Å². The van der Waals surface area contributed by atoms with Crippen molar-refractivity contribution in [3.05, 3.63) is 20.2 Å². The molecule has 0 unspecified atom stereocenters. The Morgan fingerprint density at radius 2 is 1.50 bits per heavy atom. The summed E-state index contributed by atoms with van der Waals surface area (Å²) >= 11 is 3.15. The van der Waals surface area contributed by atoms with Gasteiger partial charge < -0.3 is 20.3 Å². The molecule has 3 N–H and O–H groups in total. The van der Waals surface area contributed by atoms with Crippen LogP contribution in [0.3, 0.4) is 0 Å². The molecular formula is C6H15AgBrN2O8. The SMILES string of the molecule is O=[N+]([O-])O.O=[N+]([O-])OCCCO.OCCCBr.[Ag]. The van der Waals surface area contributed by atoms with E-state index in [0.717, 1.165) is 11.8 Å². The summed E-state index contributed by atoms with van der Waals surface area (Å²) in [5, 5.41) is 39.2. The number of alkyl halides is 1. The summed E-state index contributed by atoms with van der Waals surface area (Å²) in [4.78, 5) is 21.6. The summed E-state index contributed by atoms with van der Waals surface area (Å²) in [6, 6.07) is 0. The molecule has 0 aromatic carbocycles. The van der Waals surface area contributed by atoms with Crippen LogP contribution in [0.2, 0.25) is 0 Å². The van der Waals surface area contributed by atoms with Gasteiger partial charge in [-0.1, -0.05) is 15.9 Å². The minimum atomic E-state index is -1.50. The van der Waals surface area contributed by atoms with Gasteiger partial charge in [-0.3, -0.25) is 0 Å². The molecule has 0 bridgehead atoms. The van der Waals surface area contributed by atoms with E-state index in [0.29, 0.717) is 13.0 Å². The topological polar surface area (TPSA) is 156 Å². The predicted molar refractivity (Wildman–Crippen MR) is 58.9 cm³/mol. The van der Waals surface area contributed by atoms with Gasteiger partial charge in [0.2, 0.25) is 0 Å². The van der Waals surface area contributed by atoms with Crippen molar-refractivity contribution in [3.63, 3.8) is 0 Å². The van der Waals surface area contributed by atoms with Crippen molar-refractivity contribution in [2.45, 2.75) is 12.8 Å². The summed E-state index contributed by atoms with van der Waals surface area (Å²) in [5.41, 5.74) is 0. The first-order valence-corrected chi connectivity index (χ1v) is 5.42. The second-order valence-corrected chi connectivity index (χ2v) is 2.93. The number of aliphatic hydroxyl groups excluding tert-OH is 2. The van der Waals surface area contributed by atoms with Crippen molar-refractivity contribution in [2.24, 2.45) is 0 Å². The first-order chi connectivity index (χ1) is 7.92. The molecule has 0 fully saturated rings. The van der Waals surface area contributed by atoms with Gasteiger partial charge in [-0.25, -0.2) is 0 Å². The van der Waals surface area contributed by atoms with Gasteiger partial charge in [-0.15, -0.1) is 20.2 Å². The quantitative estimate of drug-likeness (QED) is 0.174. The molecule has 18 heavy (non-hydrogen) atoms. The molecule has 1 radical (unpaired) electrons. The van der Waals surface area contributed by atoms with Crippen molar-refractivity contribution in [1.29, 1.82) is 0 Å². The molecule has 0 atom stereocenters. The Hall–Kier alpha value is -0.460. The second kappa shape index (κ2) is 25.4. The molecule has 0 aliphatic carbocycles. The van der Waals surface area contributed by atoms with Gasteiger partial charge in [-0.05, 0) is 12.8 Å². The van der Waals surface area contributed by atoms with Gasteiger partial charge in [-0.2, -0.15) is 0 Å². The summed E-state index contributed by atoms with van der Waals surface area (Å²) in [6.07, 6.45) is 1.17. The third-order valence-corrected chi connectivity index (χ3v) is 1.35. The molecule has 0 rings (SSSR count). The number of aliphatic hydroxyl groups is 2. The number of hydrogen-bond acceptors (Lipinski definition) is 7. The third-order valence-electron chi connectivity index (χ3n) is 0.791. The number of rotatable bonds is 6. The molecule has 0 spiro atoms. The molecule has 0 saturated heterocycles. The number of nitrogens with zero attached hydrogens (tertiary/aromatic N) is 2. The molecule has 0 saturated carbocycles. The van der Waals surface area contributed by atoms with Crippen LogP contribution < -0.4 is 0 Å². The zero-order chi connectivity index (χ0) is 14.1. The maximum atomic E-state index is 9.38. The molecule has 0 amide bonds. The monoisotopic (exact) mass is 429 g/mol. The summed E-state index contributed by atoms with van der Waals surface area (Å²) in [7, 11) is 0. The Kier molecular flexibility index (Phi) is 36.9.